The van der Waals surface area contributed by atoms with Crippen LogP contribution in [0.4, 0.5) is 0 Å². The van der Waals surface area contributed by atoms with E-state index < -0.39 is 0 Å². The molecule has 1 saturated heterocycles. The van der Waals surface area contributed by atoms with E-state index in [1.165, 1.54) is 5.56 Å². The Hall–Kier alpha value is -0.610. The number of morpholine rings is 1. The van der Waals surface area contributed by atoms with E-state index in [1.54, 1.807) is 0 Å². The molecular formula is C15H23ClN2O. The Morgan fingerprint density at radius 2 is 2.16 bits per heavy atom. The van der Waals surface area contributed by atoms with Crippen molar-refractivity contribution in [2.75, 3.05) is 39.2 Å². The first kappa shape index (κ1) is 14.8. The normalized spacial score (nSPS) is 24.1. The van der Waals surface area contributed by atoms with Crippen molar-refractivity contribution in [2.24, 2.45) is 0 Å². The molecule has 3 nitrogen and oxygen atoms in total. The van der Waals surface area contributed by atoms with Gasteiger partial charge in [0.1, 0.15) is 0 Å². The highest BCUT2D eigenvalue weighted by Crippen LogP contribution is 2.22. The molecule has 1 N–H and O–H groups in total. The van der Waals surface area contributed by atoms with Gasteiger partial charge >= 0.3 is 0 Å². The molecule has 4 heteroatoms. The number of hydrogen-bond donors (Lipinski definition) is 1. The zero-order valence-electron chi connectivity index (χ0n) is 11.7. The van der Waals surface area contributed by atoms with E-state index in [1.807, 2.05) is 18.2 Å². The van der Waals surface area contributed by atoms with Gasteiger partial charge in [0.25, 0.3) is 0 Å². The Morgan fingerprint density at radius 3 is 2.79 bits per heavy atom. The van der Waals surface area contributed by atoms with Gasteiger partial charge in [0.05, 0.1) is 18.2 Å². The van der Waals surface area contributed by atoms with Gasteiger partial charge < -0.3 is 15.0 Å². The monoisotopic (exact) mass is 282 g/mol. The van der Waals surface area contributed by atoms with Crippen molar-refractivity contribution in [3.63, 3.8) is 0 Å². The molecule has 1 aromatic carbocycles. The first-order chi connectivity index (χ1) is 9.14. The van der Waals surface area contributed by atoms with Crippen LogP contribution in [-0.2, 0) is 10.3 Å². The molecule has 1 heterocycles. The van der Waals surface area contributed by atoms with Crippen molar-refractivity contribution in [1.29, 1.82) is 0 Å². The van der Waals surface area contributed by atoms with Gasteiger partial charge in [-0.25, -0.2) is 0 Å². The third kappa shape index (κ3) is 3.93. The third-order valence-corrected chi connectivity index (χ3v) is 4.27. The number of ether oxygens (including phenoxy) is 1. The molecule has 0 aromatic heterocycles. The van der Waals surface area contributed by atoms with Gasteiger partial charge in [-0.3, -0.25) is 0 Å². The molecule has 0 amide bonds. The minimum atomic E-state index is -0.206. The number of halogens is 1. The molecule has 1 aliphatic rings. The molecule has 1 aromatic rings. The fourth-order valence-corrected chi connectivity index (χ4v) is 2.61. The van der Waals surface area contributed by atoms with E-state index in [0.29, 0.717) is 5.88 Å². The lowest BCUT2D eigenvalue weighted by atomic mass is 9.94. The lowest BCUT2D eigenvalue weighted by Crippen LogP contribution is -2.50. The van der Waals surface area contributed by atoms with Gasteiger partial charge in [-0.1, -0.05) is 30.3 Å². The summed E-state index contributed by atoms with van der Waals surface area (Å²) in [5, 5.41) is 3.57. The number of rotatable bonds is 5. The summed E-state index contributed by atoms with van der Waals surface area (Å²) in [6.07, 6.45) is 0.241. The van der Waals surface area contributed by atoms with Crippen molar-refractivity contribution >= 4 is 11.6 Å². The highest BCUT2D eigenvalue weighted by molar-refractivity contribution is 6.18. The second-order valence-electron chi connectivity index (χ2n) is 5.47. The molecule has 1 aliphatic heterocycles. The minimum absolute atomic E-state index is 0.206. The van der Waals surface area contributed by atoms with Crippen LogP contribution in [0.5, 0.6) is 0 Å². The molecule has 0 saturated carbocycles. The number of nitrogens with one attached hydrogen (secondary N) is 1. The van der Waals surface area contributed by atoms with Crippen LogP contribution in [0, 0.1) is 0 Å². The Bertz CT molecular complexity index is 387. The minimum Gasteiger partial charge on any atom is -0.374 e. The van der Waals surface area contributed by atoms with Crippen LogP contribution in [-0.4, -0.2) is 50.2 Å². The summed E-state index contributed by atoms with van der Waals surface area (Å²) < 4.78 is 5.78. The van der Waals surface area contributed by atoms with Gasteiger partial charge in [0.2, 0.25) is 0 Å². The Morgan fingerprint density at radius 1 is 1.42 bits per heavy atom. The first-order valence-electron chi connectivity index (χ1n) is 6.81. The fourth-order valence-electron chi connectivity index (χ4n) is 2.36. The molecule has 2 unspecified atom stereocenters. The number of nitrogens with zero attached hydrogens (tertiary/aromatic N) is 1. The van der Waals surface area contributed by atoms with E-state index in [-0.39, 0.29) is 11.6 Å². The van der Waals surface area contributed by atoms with Crippen LogP contribution in [0.25, 0.3) is 0 Å². The van der Waals surface area contributed by atoms with Crippen LogP contribution in [0.2, 0.25) is 0 Å². The van der Waals surface area contributed by atoms with Crippen LogP contribution >= 0.6 is 11.6 Å². The summed E-state index contributed by atoms with van der Waals surface area (Å²) in [4.78, 5) is 2.30. The summed E-state index contributed by atoms with van der Waals surface area (Å²) in [5.74, 6) is 0.541. The van der Waals surface area contributed by atoms with Gasteiger partial charge in [-0.2, -0.15) is 0 Å². The third-order valence-electron chi connectivity index (χ3n) is 3.74. The zero-order chi connectivity index (χ0) is 13.7. The number of hydrogen-bond acceptors (Lipinski definition) is 3. The average molecular weight is 283 g/mol. The van der Waals surface area contributed by atoms with E-state index in [9.17, 15) is 0 Å². The Labute approximate surface area is 120 Å². The molecule has 2 rings (SSSR count). The molecule has 0 aliphatic carbocycles. The molecule has 0 spiro atoms. The zero-order valence-corrected chi connectivity index (χ0v) is 12.5. The SMILES string of the molecule is CN1CCOC(CNC(C)(CCl)c2ccccc2)C1. The second-order valence-corrected chi connectivity index (χ2v) is 5.73. The molecule has 106 valence electrons. The maximum atomic E-state index is 6.18. The molecule has 1 fully saturated rings. The van der Waals surface area contributed by atoms with Crippen LogP contribution in [0.3, 0.4) is 0 Å². The lowest BCUT2D eigenvalue weighted by Gasteiger charge is -2.35. The largest absolute Gasteiger partial charge is 0.374 e. The van der Waals surface area contributed by atoms with Crippen molar-refractivity contribution in [3.05, 3.63) is 35.9 Å². The smallest absolute Gasteiger partial charge is 0.0826 e. The molecular weight excluding hydrogens is 260 g/mol. The van der Waals surface area contributed by atoms with Crippen LogP contribution in [0.15, 0.2) is 30.3 Å². The number of benzene rings is 1. The summed E-state index contributed by atoms with van der Waals surface area (Å²) in [6, 6.07) is 10.4. The van der Waals surface area contributed by atoms with Gasteiger partial charge in [-0.15, -0.1) is 11.6 Å². The van der Waals surface area contributed by atoms with Crippen LogP contribution in [0.1, 0.15) is 12.5 Å². The Balaban J connectivity index is 1.95. The maximum absolute atomic E-state index is 6.18. The van der Waals surface area contributed by atoms with Crippen molar-refractivity contribution in [1.82, 2.24) is 10.2 Å². The van der Waals surface area contributed by atoms with Gasteiger partial charge in [-0.05, 0) is 19.5 Å². The van der Waals surface area contributed by atoms with E-state index in [4.69, 9.17) is 16.3 Å². The number of likely N-dealkylation sites (N-methyl/N-ethyl adjacent to an activating group) is 1. The van der Waals surface area contributed by atoms with E-state index in [0.717, 1.165) is 26.2 Å². The van der Waals surface area contributed by atoms with Gasteiger partial charge in [0.15, 0.2) is 0 Å². The summed E-state index contributed by atoms with van der Waals surface area (Å²) in [5.41, 5.74) is 1.01. The Kier molecular flexibility index (Phi) is 5.22. The molecule has 0 radical (unpaired) electrons. The summed E-state index contributed by atoms with van der Waals surface area (Å²) in [6.45, 7) is 5.76. The predicted octanol–water partition coefficient (Wildman–Crippen LogP) is 2.06. The summed E-state index contributed by atoms with van der Waals surface area (Å²) in [7, 11) is 2.13. The second kappa shape index (κ2) is 6.71. The van der Waals surface area contributed by atoms with Crippen LogP contribution < -0.4 is 5.32 Å². The van der Waals surface area contributed by atoms with Crippen molar-refractivity contribution < 1.29 is 4.74 Å². The standard InChI is InChI=1S/C15H23ClN2O/c1-15(12-16,13-6-4-3-5-7-13)17-10-14-11-18(2)8-9-19-14/h3-7,14,17H,8-12H2,1-2H3. The predicted molar refractivity (Wildman–Crippen MR) is 79.8 cm³/mol. The maximum Gasteiger partial charge on any atom is 0.0826 e. The average Bonchev–Trinajstić information content (AvgIpc) is 2.46. The fraction of sp³-hybridized carbons (Fsp3) is 0.600. The summed E-state index contributed by atoms with van der Waals surface area (Å²) >= 11 is 6.18. The number of alkyl halides is 1. The highest BCUT2D eigenvalue weighted by Gasteiger charge is 2.27. The molecule has 2 atom stereocenters. The van der Waals surface area contributed by atoms with Crippen molar-refractivity contribution in [2.45, 2.75) is 18.6 Å². The van der Waals surface area contributed by atoms with E-state index >= 15 is 0 Å². The van der Waals surface area contributed by atoms with Gasteiger partial charge in [0, 0.05) is 25.5 Å². The molecule has 19 heavy (non-hydrogen) atoms. The quantitative estimate of drug-likeness (QED) is 0.837. The molecule has 0 bridgehead atoms. The van der Waals surface area contributed by atoms with E-state index in [2.05, 4.69) is 36.3 Å². The topological polar surface area (TPSA) is 24.5 Å². The van der Waals surface area contributed by atoms with Crippen molar-refractivity contribution in [3.8, 4) is 0 Å². The highest BCUT2D eigenvalue weighted by atomic mass is 35.5. The first-order valence-corrected chi connectivity index (χ1v) is 7.34. The lowest BCUT2D eigenvalue weighted by molar-refractivity contribution is -0.0210.